The number of aliphatic imine (C=N–C) groups is 1. The van der Waals surface area contributed by atoms with E-state index in [0.29, 0.717) is 25.7 Å². The molecule has 1 aromatic carbocycles. The first kappa shape index (κ1) is 22.9. The number of nitrogens with one attached hydrogen (secondary N) is 3. The van der Waals surface area contributed by atoms with E-state index >= 15 is 0 Å². The predicted octanol–water partition coefficient (Wildman–Crippen LogP) is 1.18. The highest BCUT2D eigenvalue weighted by molar-refractivity contribution is 14.0. The topological polar surface area (TPSA) is 91.8 Å². The molecular weight excluding hydrogens is 443 g/mol. The lowest BCUT2D eigenvalue weighted by molar-refractivity contribution is 0.321. The molecule has 0 bridgehead atoms. The van der Waals surface area contributed by atoms with Crippen LogP contribution in [0.1, 0.15) is 13.8 Å². The average molecular weight is 470 g/mol. The summed E-state index contributed by atoms with van der Waals surface area (Å²) < 4.78 is 30.8. The summed E-state index contributed by atoms with van der Waals surface area (Å²) in [6.07, 6.45) is 1.14. The molecule has 0 amide bonds. The lowest BCUT2D eigenvalue weighted by Gasteiger charge is -2.26. The Morgan fingerprint density at radius 2 is 1.83 bits per heavy atom. The van der Waals surface area contributed by atoms with E-state index in [1.165, 1.54) is 0 Å². The molecule has 0 aliphatic heterocycles. The largest absolute Gasteiger partial charge is 0.492 e. The molecule has 0 radical (unpaired) electrons. The van der Waals surface area contributed by atoms with Gasteiger partial charge in [-0.05, 0) is 26.0 Å². The Morgan fingerprint density at radius 3 is 2.38 bits per heavy atom. The van der Waals surface area contributed by atoms with Crippen molar-refractivity contribution in [2.75, 3.05) is 33.0 Å². The highest BCUT2D eigenvalue weighted by atomic mass is 127. The number of guanidine groups is 1. The molecule has 0 fully saturated rings. The molecule has 0 aliphatic carbocycles. The van der Waals surface area contributed by atoms with Crippen LogP contribution in [0.4, 0.5) is 0 Å². The number of rotatable bonds is 8. The van der Waals surface area contributed by atoms with E-state index in [1.54, 1.807) is 20.9 Å². The van der Waals surface area contributed by atoms with Gasteiger partial charge >= 0.3 is 0 Å². The van der Waals surface area contributed by atoms with Crippen molar-refractivity contribution in [3.05, 3.63) is 30.3 Å². The van der Waals surface area contributed by atoms with Gasteiger partial charge < -0.3 is 15.4 Å². The molecule has 0 aromatic heterocycles. The zero-order valence-corrected chi connectivity index (χ0v) is 17.6. The van der Waals surface area contributed by atoms with E-state index in [2.05, 4.69) is 20.3 Å². The first-order valence-corrected chi connectivity index (χ1v) is 9.22. The van der Waals surface area contributed by atoms with Crippen LogP contribution < -0.4 is 20.1 Å². The smallest absolute Gasteiger partial charge is 0.209 e. The molecule has 138 valence electrons. The summed E-state index contributed by atoms with van der Waals surface area (Å²) in [4.78, 5) is 4.09. The third kappa shape index (κ3) is 10.7. The first-order chi connectivity index (χ1) is 10.7. The standard InChI is InChI=1S/C15H26N4O3S.HI/c1-15(2,19-23(4,20)21)12-18-14(16-3)17-10-11-22-13-8-6-5-7-9-13;/h5-9,19H,10-12H2,1-4H3,(H2,16,17,18);1H. The van der Waals surface area contributed by atoms with E-state index in [1.807, 2.05) is 30.3 Å². The van der Waals surface area contributed by atoms with Crippen molar-refractivity contribution >= 4 is 40.0 Å². The van der Waals surface area contributed by atoms with E-state index in [-0.39, 0.29) is 24.0 Å². The highest BCUT2D eigenvalue weighted by Crippen LogP contribution is 2.07. The minimum atomic E-state index is -3.26. The Kier molecular flexibility index (Phi) is 10.2. The minimum Gasteiger partial charge on any atom is -0.492 e. The number of halogens is 1. The molecule has 0 atom stereocenters. The predicted molar refractivity (Wildman–Crippen MR) is 109 cm³/mol. The van der Waals surface area contributed by atoms with E-state index in [0.717, 1.165) is 12.0 Å². The molecule has 7 nitrogen and oxygen atoms in total. The van der Waals surface area contributed by atoms with Crippen LogP contribution in [0, 0.1) is 0 Å². The van der Waals surface area contributed by atoms with Crippen LogP contribution in [-0.2, 0) is 10.0 Å². The second-order valence-corrected chi connectivity index (χ2v) is 7.52. The summed E-state index contributed by atoms with van der Waals surface area (Å²) in [6, 6.07) is 9.56. The molecule has 0 saturated heterocycles. The molecular formula is C15H27IN4O3S. The Hall–Kier alpha value is -1.07. The van der Waals surface area contributed by atoms with Gasteiger partial charge in [0.15, 0.2) is 5.96 Å². The summed E-state index contributed by atoms with van der Waals surface area (Å²) in [5.41, 5.74) is -0.619. The maximum Gasteiger partial charge on any atom is 0.209 e. The lowest BCUT2D eigenvalue weighted by atomic mass is 10.1. The van der Waals surface area contributed by atoms with Gasteiger partial charge in [-0.25, -0.2) is 13.1 Å². The molecule has 24 heavy (non-hydrogen) atoms. The van der Waals surface area contributed by atoms with Crippen LogP contribution in [0.25, 0.3) is 0 Å². The first-order valence-electron chi connectivity index (χ1n) is 7.33. The van der Waals surface area contributed by atoms with Gasteiger partial charge in [-0.3, -0.25) is 4.99 Å². The summed E-state index contributed by atoms with van der Waals surface area (Å²) in [5, 5.41) is 6.20. The van der Waals surface area contributed by atoms with Crippen molar-refractivity contribution < 1.29 is 13.2 Å². The van der Waals surface area contributed by atoms with Gasteiger partial charge in [0.2, 0.25) is 10.0 Å². The molecule has 3 N–H and O–H groups in total. The minimum absolute atomic E-state index is 0. The van der Waals surface area contributed by atoms with Gasteiger partial charge in [0.1, 0.15) is 12.4 Å². The van der Waals surface area contributed by atoms with Gasteiger partial charge in [0.05, 0.1) is 12.8 Å². The lowest BCUT2D eigenvalue weighted by Crippen LogP contribution is -2.53. The van der Waals surface area contributed by atoms with Crippen LogP contribution in [0.2, 0.25) is 0 Å². The maximum atomic E-state index is 11.3. The van der Waals surface area contributed by atoms with Crippen molar-refractivity contribution in [3.8, 4) is 5.75 Å². The number of sulfonamides is 1. The van der Waals surface area contributed by atoms with Gasteiger partial charge in [-0.1, -0.05) is 18.2 Å². The quantitative estimate of drug-likeness (QED) is 0.230. The van der Waals surface area contributed by atoms with E-state index in [4.69, 9.17) is 4.74 Å². The Bertz CT molecular complexity index is 606. The highest BCUT2D eigenvalue weighted by Gasteiger charge is 2.22. The summed E-state index contributed by atoms with van der Waals surface area (Å²) in [6.45, 7) is 5.07. The van der Waals surface area contributed by atoms with Gasteiger partial charge in [0, 0.05) is 19.1 Å². The fourth-order valence-corrected chi connectivity index (χ4v) is 2.99. The molecule has 0 unspecified atom stereocenters. The Balaban J connectivity index is 0.00000529. The molecule has 0 spiro atoms. The Morgan fingerprint density at radius 1 is 1.21 bits per heavy atom. The number of hydrogen-bond donors (Lipinski definition) is 3. The molecule has 0 heterocycles. The van der Waals surface area contributed by atoms with Gasteiger partial charge in [0.25, 0.3) is 0 Å². The van der Waals surface area contributed by atoms with Crippen molar-refractivity contribution in [1.29, 1.82) is 0 Å². The fraction of sp³-hybridized carbons (Fsp3) is 0.533. The molecule has 9 heteroatoms. The third-order valence-corrected chi connectivity index (χ3v) is 3.71. The van der Waals surface area contributed by atoms with Crippen LogP contribution in [0.15, 0.2) is 35.3 Å². The Labute approximate surface area is 161 Å². The number of benzene rings is 1. The van der Waals surface area contributed by atoms with Crippen LogP contribution in [0.3, 0.4) is 0 Å². The van der Waals surface area contributed by atoms with E-state index in [9.17, 15) is 8.42 Å². The van der Waals surface area contributed by atoms with Crippen LogP contribution in [-0.4, -0.2) is 52.9 Å². The van der Waals surface area contributed by atoms with Gasteiger partial charge in [-0.2, -0.15) is 0 Å². The second kappa shape index (κ2) is 10.7. The third-order valence-electron chi connectivity index (χ3n) is 2.79. The van der Waals surface area contributed by atoms with Crippen molar-refractivity contribution in [3.63, 3.8) is 0 Å². The van der Waals surface area contributed by atoms with Crippen LogP contribution in [0.5, 0.6) is 5.75 Å². The van der Waals surface area contributed by atoms with Gasteiger partial charge in [-0.15, -0.1) is 24.0 Å². The average Bonchev–Trinajstić information content (AvgIpc) is 2.45. The molecule has 1 aromatic rings. The molecule has 0 saturated carbocycles. The number of ether oxygens (including phenoxy) is 1. The fourth-order valence-electron chi connectivity index (χ4n) is 1.92. The van der Waals surface area contributed by atoms with Crippen molar-refractivity contribution in [2.45, 2.75) is 19.4 Å². The number of nitrogens with zero attached hydrogens (tertiary/aromatic N) is 1. The monoisotopic (exact) mass is 470 g/mol. The summed E-state index contributed by atoms with van der Waals surface area (Å²) in [7, 11) is -1.60. The second-order valence-electron chi connectivity index (χ2n) is 5.77. The summed E-state index contributed by atoms with van der Waals surface area (Å²) in [5.74, 6) is 1.40. The molecule has 0 aliphatic rings. The zero-order valence-electron chi connectivity index (χ0n) is 14.5. The zero-order chi connectivity index (χ0) is 17.3. The number of para-hydroxylation sites is 1. The SMILES string of the molecule is CN=C(NCCOc1ccccc1)NCC(C)(C)NS(C)(=O)=O.I. The van der Waals surface area contributed by atoms with E-state index < -0.39 is 15.6 Å². The number of hydrogen-bond acceptors (Lipinski definition) is 4. The molecule has 1 rings (SSSR count). The van der Waals surface area contributed by atoms with Crippen molar-refractivity contribution in [1.82, 2.24) is 15.4 Å². The normalized spacial score (nSPS) is 12.2. The maximum absolute atomic E-state index is 11.3. The summed E-state index contributed by atoms with van der Waals surface area (Å²) >= 11 is 0. The van der Waals surface area contributed by atoms with Crippen molar-refractivity contribution in [2.24, 2.45) is 4.99 Å². The van der Waals surface area contributed by atoms with Crippen LogP contribution >= 0.6 is 24.0 Å².